The third-order valence-corrected chi connectivity index (χ3v) is 2.57. The number of benzene rings is 1. The van der Waals surface area contributed by atoms with Crippen LogP contribution in [0.3, 0.4) is 0 Å². The van der Waals surface area contributed by atoms with E-state index in [2.05, 4.69) is 10.1 Å². The van der Waals surface area contributed by atoms with Crippen molar-refractivity contribution in [2.75, 3.05) is 20.8 Å². The minimum Gasteiger partial charge on any atom is -0.496 e. The van der Waals surface area contributed by atoms with Gasteiger partial charge in [-0.25, -0.2) is 4.79 Å². The number of halogens is 1. The summed E-state index contributed by atoms with van der Waals surface area (Å²) in [7, 11) is 2.57. The Labute approximate surface area is 115 Å². The smallest absolute Gasteiger partial charge is 0.336 e. The second-order valence-electron chi connectivity index (χ2n) is 3.59. The van der Waals surface area contributed by atoms with E-state index in [-0.39, 0.29) is 12.1 Å². The van der Waals surface area contributed by atoms with Crippen molar-refractivity contribution in [3.05, 3.63) is 28.8 Å². The minimum atomic E-state index is -1.42. The van der Waals surface area contributed by atoms with Gasteiger partial charge in [-0.3, -0.25) is 4.79 Å². The van der Waals surface area contributed by atoms with Crippen molar-refractivity contribution in [1.29, 1.82) is 0 Å². The lowest BCUT2D eigenvalue weighted by atomic mass is 10.2. The van der Waals surface area contributed by atoms with Crippen LogP contribution in [-0.4, -0.2) is 43.9 Å². The maximum absolute atomic E-state index is 11.9. The van der Waals surface area contributed by atoms with Crippen molar-refractivity contribution in [3.63, 3.8) is 0 Å². The largest absolute Gasteiger partial charge is 0.496 e. The molecule has 2 N–H and O–H groups in total. The van der Waals surface area contributed by atoms with E-state index in [1.54, 1.807) is 12.1 Å². The summed E-state index contributed by atoms with van der Waals surface area (Å²) in [5.41, 5.74) is 0.215. The predicted octanol–water partition coefficient (Wildman–Crippen LogP) is 0.612. The summed E-state index contributed by atoms with van der Waals surface area (Å²) in [6.07, 6.45) is -1.42. The van der Waals surface area contributed by atoms with E-state index in [9.17, 15) is 14.7 Å². The first-order valence-electron chi connectivity index (χ1n) is 5.37. The fraction of sp³-hybridized carbons (Fsp3) is 0.333. The standard InChI is InChI=1S/C12H14ClNO5/c1-18-10-4-3-7(13)5-8(10)11(16)14-6-9(15)12(17)19-2/h3-5,9,15H,6H2,1-2H3,(H,14,16). The van der Waals surface area contributed by atoms with E-state index in [1.165, 1.54) is 13.2 Å². The highest BCUT2D eigenvalue weighted by Crippen LogP contribution is 2.22. The van der Waals surface area contributed by atoms with Crippen LogP contribution in [0, 0.1) is 0 Å². The lowest BCUT2D eigenvalue weighted by Gasteiger charge is -2.12. The van der Waals surface area contributed by atoms with Crippen LogP contribution in [0.2, 0.25) is 5.02 Å². The van der Waals surface area contributed by atoms with Crippen molar-refractivity contribution in [2.45, 2.75) is 6.10 Å². The molecule has 1 aromatic carbocycles. The second kappa shape index (κ2) is 6.96. The highest BCUT2D eigenvalue weighted by Gasteiger charge is 2.18. The number of carbonyl (C=O) groups is 2. The Hall–Kier alpha value is -1.79. The van der Waals surface area contributed by atoms with Crippen LogP contribution in [-0.2, 0) is 9.53 Å². The molecule has 0 aliphatic rings. The van der Waals surface area contributed by atoms with E-state index in [4.69, 9.17) is 16.3 Å². The van der Waals surface area contributed by atoms with Gasteiger partial charge in [-0.2, -0.15) is 0 Å². The highest BCUT2D eigenvalue weighted by molar-refractivity contribution is 6.31. The molecule has 0 aliphatic carbocycles. The van der Waals surface area contributed by atoms with Crippen LogP contribution < -0.4 is 10.1 Å². The van der Waals surface area contributed by atoms with Crippen LogP contribution >= 0.6 is 11.6 Å². The molecule has 0 radical (unpaired) electrons. The molecule has 19 heavy (non-hydrogen) atoms. The monoisotopic (exact) mass is 287 g/mol. The quantitative estimate of drug-likeness (QED) is 0.775. The third kappa shape index (κ3) is 4.11. The molecule has 6 nitrogen and oxygen atoms in total. The molecular formula is C12H14ClNO5. The number of rotatable bonds is 5. The fourth-order valence-corrected chi connectivity index (χ4v) is 1.53. The highest BCUT2D eigenvalue weighted by atomic mass is 35.5. The summed E-state index contributed by atoms with van der Waals surface area (Å²) in [6, 6.07) is 4.56. The van der Waals surface area contributed by atoms with Gasteiger partial charge in [0.05, 0.1) is 26.3 Å². The van der Waals surface area contributed by atoms with Crippen molar-refractivity contribution < 1.29 is 24.2 Å². The van der Waals surface area contributed by atoms with Gasteiger partial charge in [0.2, 0.25) is 0 Å². The van der Waals surface area contributed by atoms with Crippen LogP contribution in [0.25, 0.3) is 0 Å². The molecule has 0 heterocycles. The molecule has 0 saturated heterocycles. The molecule has 1 rings (SSSR count). The van der Waals surface area contributed by atoms with E-state index in [0.717, 1.165) is 7.11 Å². The van der Waals surface area contributed by atoms with Crippen molar-refractivity contribution >= 4 is 23.5 Å². The van der Waals surface area contributed by atoms with Crippen LogP contribution in [0.4, 0.5) is 0 Å². The van der Waals surface area contributed by atoms with Crippen molar-refractivity contribution in [1.82, 2.24) is 5.32 Å². The van der Waals surface area contributed by atoms with E-state index in [1.807, 2.05) is 0 Å². The zero-order chi connectivity index (χ0) is 14.4. The van der Waals surface area contributed by atoms with Gasteiger partial charge in [-0.05, 0) is 18.2 Å². The number of hydrogen-bond acceptors (Lipinski definition) is 5. The Morgan fingerprint density at radius 2 is 2.11 bits per heavy atom. The Kier molecular flexibility index (Phi) is 5.59. The minimum absolute atomic E-state index is 0.215. The van der Waals surface area contributed by atoms with Gasteiger partial charge >= 0.3 is 5.97 Å². The average molecular weight is 288 g/mol. The Morgan fingerprint density at radius 1 is 1.42 bits per heavy atom. The van der Waals surface area contributed by atoms with Gasteiger partial charge in [0, 0.05) is 5.02 Å². The number of esters is 1. The van der Waals surface area contributed by atoms with Gasteiger partial charge < -0.3 is 19.9 Å². The lowest BCUT2D eigenvalue weighted by Crippen LogP contribution is -2.37. The lowest BCUT2D eigenvalue weighted by molar-refractivity contribution is -0.149. The Balaban J connectivity index is 2.73. The zero-order valence-electron chi connectivity index (χ0n) is 10.5. The van der Waals surface area contributed by atoms with E-state index >= 15 is 0 Å². The molecule has 0 spiro atoms. The van der Waals surface area contributed by atoms with Gasteiger partial charge in [0.25, 0.3) is 5.91 Å². The number of aliphatic hydroxyl groups is 1. The number of carbonyl (C=O) groups excluding carboxylic acids is 2. The van der Waals surface area contributed by atoms with Gasteiger partial charge in [-0.15, -0.1) is 0 Å². The van der Waals surface area contributed by atoms with Crippen LogP contribution in [0.1, 0.15) is 10.4 Å². The second-order valence-corrected chi connectivity index (χ2v) is 4.03. The molecule has 1 unspecified atom stereocenters. The Morgan fingerprint density at radius 3 is 2.68 bits per heavy atom. The summed E-state index contributed by atoms with van der Waals surface area (Å²) < 4.78 is 9.35. The van der Waals surface area contributed by atoms with Crippen molar-refractivity contribution in [2.24, 2.45) is 0 Å². The maximum Gasteiger partial charge on any atom is 0.336 e. The first kappa shape index (κ1) is 15.3. The zero-order valence-corrected chi connectivity index (χ0v) is 11.2. The number of nitrogens with one attached hydrogen (secondary N) is 1. The molecule has 0 fully saturated rings. The van der Waals surface area contributed by atoms with E-state index in [0.29, 0.717) is 10.8 Å². The molecule has 1 aromatic rings. The normalized spacial score (nSPS) is 11.6. The predicted molar refractivity (Wildman–Crippen MR) is 68.4 cm³/mol. The molecule has 104 valence electrons. The summed E-state index contributed by atoms with van der Waals surface area (Å²) >= 11 is 5.79. The summed E-state index contributed by atoms with van der Waals surface area (Å²) in [5, 5.41) is 12.1. The molecule has 0 aromatic heterocycles. The molecule has 0 bridgehead atoms. The van der Waals surface area contributed by atoms with Crippen LogP contribution in [0.5, 0.6) is 5.75 Å². The van der Waals surface area contributed by atoms with Crippen molar-refractivity contribution in [3.8, 4) is 5.75 Å². The van der Waals surface area contributed by atoms with Crippen LogP contribution in [0.15, 0.2) is 18.2 Å². The first-order chi connectivity index (χ1) is 8.99. The number of ether oxygens (including phenoxy) is 2. The molecule has 0 saturated carbocycles. The molecule has 7 heteroatoms. The SMILES string of the molecule is COC(=O)C(O)CNC(=O)c1cc(Cl)ccc1OC. The number of hydrogen-bond donors (Lipinski definition) is 2. The van der Waals surface area contributed by atoms with Gasteiger partial charge in [0.15, 0.2) is 6.10 Å². The molecule has 1 amide bonds. The summed E-state index contributed by atoms with van der Waals surface area (Å²) in [4.78, 5) is 22.8. The number of amides is 1. The molecule has 0 aliphatic heterocycles. The third-order valence-electron chi connectivity index (χ3n) is 2.34. The maximum atomic E-state index is 11.9. The number of methoxy groups -OCH3 is 2. The molecule has 1 atom stereocenters. The van der Waals surface area contributed by atoms with Gasteiger partial charge in [0.1, 0.15) is 5.75 Å². The van der Waals surface area contributed by atoms with Gasteiger partial charge in [-0.1, -0.05) is 11.6 Å². The average Bonchev–Trinajstić information content (AvgIpc) is 2.43. The fourth-order valence-electron chi connectivity index (χ4n) is 1.36. The first-order valence-corrected chi connectivity index (χ1v) is 5.75. The summed E-state index contributed by atoms with van der Waals surface area (Å²) in [5.74, 6) is -0.991. The van der Waals surface area contributed by atoms with E-state index < -0.39 is 18.0 Å². The molecular weight excluding hydrogens is 274 g/mol. The summed E-state index contributed by atoms with van der Waals surface area (Å²) in [6.45, 7) is -0.263. The topological polar surface area (TPSA) is 84.9 Å². The Bertz CT molecular complexity index is 477. The number of aliphatic hydroxyl groups excluding tert-OH is 1.